The van der Waals surface area contributed by atoms with Crippen LogP contribution in [0.15, 0.2) is 41.4 Å². The van der Waals surface area contributed by atoms with Crippen molar-refractivity contribution < 1.29 is 17.9 Å². The highest BCUT2D eigenvalue weighted by atomic mass is 32.2. The van der Waals surface area contributed by atoms with Crippen LogP contribution in [0.2, 0.25) is 0 Å². The van der Waals surface area contributed by atoms with Gasteiger partial charge in [0.25, 0.3) is 5.91 Å². The lowest BCUT2D eigenvalue weighted by molar-refractivity contribution is 0.102. The van der Waals surface area contributed by atoms with Crippen LogP contribution in [0.25, 0.3) is 0 Å². The molecule has 1 fully saturated rings. The van der Waals surface area contributed by atoms with E-state index in [2.05, 4.69) is 15.2 Å². The number of hydrogen-bond donors (Lipinski definition) is 1. The third kappa shape index (κ3) is 4.80. The number of carbonyl (C=O) groups is 1. The molecule has 1 aliphatic heterocycles. The Bertz CT molecular complexity index is 983. The summed E-state index contributed by atoms with van der Waals surface area (Å²) in [5.74, 6) is -0.339. The van der Waals surface area contributed by atoms with E-state index < -0.39 is 10.0 Å². The Morgan fingerprint density at radius 2 is 1.87 bits per heavy atom. The molecule has 0 unspecified atom stereocenters. The van der Waals surface area contributed by atoms with Crippen LogP contribution in [0.3, 0.4) is 0 Å². The maximum absolute atomic E-state index is 13.0. The number of ether oxygens (including phenoxy) is 1. The largest absolute Gasteiger partial charge is 0.378 e. The van der Waals surface area contributed by atoms with E-state index in [1.165, 1.54) is 16.6 Å². The van der Waals surface area contributed by atoms with Crippen LogP contribution >= 0.6 is 0 Å². The molecule has 2 aromatic rings. The number of sulfonamides is 1. The Kier molecular flexibility index (Phi) is 7.06. The van der Waals surface area contributed by atoms with Crippen molar-refractivity contribution in [2.24, 2.45) is 0 Å². The normalized spacial score (nSPS) is 14.7. The third-order valence-electron chi connectivity index (χ3n) is 5.08. The van der Waals surface area contributed by atoms with Crippen molar-refractivity contribution >= 4 is 27.3 Å². The molecule has 1 amide bonds. The van der Waals surface area contributed by atoms with Crippen molar-refractivity contribution in [2.75, 3.05) is 49.6 Å². The van der Waals surface area contributed by atoms with Gasteiger partial charge >= 0.3 is 0 Å². The molecule has 0 saturated carbocycles. The van der Waals surface area contributed by atoms with Crippen molar-refractivity contribution in [3.63, 3.8) is 0 Å². The fraction of sp³-hybridized carbons (Fsp3) is 0.429. The van der Waals surface area contributed by atoms with Gasteiger partial charge in [0.05, 0.1) is 35.0 Å². The zero-order chi connectivity index (χ0) is 21.7. The number of carbonyl (C=O) groups excluding carboxylic acids is 1. The molecule has 1 aromatic heterocycles. The van der Waals surface area contributed by atoms with Gasteiger partial charge in [0.1, 0.15) is 0 Å². The number of hydrogen-bond acceptors (Lipinski definition) is 6. The summed E-state index contributed by atoms with van der Waals surface area (Å²) in [6.07, 6.45) is 1.51. The van der Waals surface area contributed by atoms with Gasteiger partial charge in [-0.05, 0) is 37.3 Å². The van der Waals surface area contributed by atoms with Gasteiger partial charge in [-0.1, -0.05) is 13.8 Å². The molecule has 0 spiro atoms. The van der Waals surface area contributed by atoms with Gasteiger partial charge in [-0.3, -0.25) is 9.78 Å². The molecular formula is C21H28N4O4S. The molecule has 0 atom stereocenters. The average molecular weight is 433 g/mol. The highest BCUT2D eigenvalue weighted by Crippen LogP contribution is 2.31. The zero-order valence-electron chi connectivity index (χ0n) is 17.6. The summed E-state index contributed by atoms with van der Waals surface area (Å²) in [6.45, 7) is 8.69. The van der Waals surface area contributed by atoms with Crippen LogP contribution in [-0.4, -0.2) is 63.0 Å². The van der Waals surface area contributed by atoms with Gasteiger partial charge in [-0.2, -0.15) is 4.31 Å². The van der Waals surface area contributed by atoms with Crippen molar-refractivity contribution in [3.8, 4) is 0 Å². The second kappa shape index (κ2) is 9.55. The number of benzene rings is 1. The number of amides is 1. The molecular weight excluding hydrogens is 404 g/mol. The van der Waals surface area contributed by atoms with Crippen LogP contribution in [0.1, 0.15) is 29.9 Å². The minimum absolute atomic E-state index is 0.153. The summed E-state index contributed by atoms with van der Waals surface area (Å²) >= 11 is 0. The van der Waals surface area contributed by atoms with Crippen molar-refractivity contribution in [1.82, 2.24) is 9.29 Å². The van der Waals surface area contributed by atoms with E-state index in [4.69, 9.17) is 4.74 Å². The number of rotatable bonds is 7. The lowest BCUT2D eigenvalue weighted by Gasteiger charge is -2.31. The number of morpholine rings is 1. The molecule has 9 heteroatoms. The van der Waals surface area contributed by atoms with E-state index >= 15 is 0 Å². The van der Waals surface area contributed by atoms with E-state index in [9.17, 15) is 13.2 Å². The van der Waals surface area contributed by atoms with Gasteiger partial charge in [-0.25, -0.2) is 8.42 Å². The van der Waals surface area contributed by atoms with E-state index in [1.807, 2.05) is 6.92 Å². The average Bonchev–Trinajstić information content (AvgIpc) is 2.75. The second-order valence-electron chi connectivity index (χ2n) is 7.01. The quantitative estimate of drug-likeness (QED) is 0.723. The highest BCUT2D eigenvalue weighted by Gasteiger charge is 2.25. The maximum Gasteiger partial charge on any atom is 0.257 e. The topological polar surface area (TPSA) is 91.8 Å². The summed E-state index contributed by atoms with van der Waals surface area (Å²) in [5, 5.41) is 2.89. The first kappa shape index (κ1) is 22.2. The fourth-order valence-electron chi connectivity index (χ4n) is 3.36. The molecule has 0 aliphatic carbocycles. The number of anilines is 2. The van der Waals surface area contributed by atoms with Crippen LogP contribution in [-0.2, 0) is 14.8 Å². The Balaban J connectivity index is 1.99. The molecule has 0 radical (unpaired) electrons. The van der Waals surface area contributed by atoms with Gasteiger partial charge in [0, 0.05) is 38.1 Å². The van der Waals surface area contributed by atoms with E-state index in [0.29, 0.717) is 50.6 Å². The molecule has 3 rings (SSSR count). The summed E-state index contributed by atoms with van der Waals surface area (Å²) in [7, 11) is -3.65. The first-order valence-electron chi connectivity index (χ1n) is 10.1. The van der Waals surface area contributed by atoms with Crippen LogP contribution in [0.4, 0.5) is 11.4 Å². The lowest BCUT2D eigenvalue weighted by atomic mass is 10.2. The predicted molar refractivity (Wildman–Crippen MR) is 117 cm³/mol. The number of nitrogens with zero attached hydrogens (tertiary/aromatic N) is 3. The Hall–Kier alpha value is -2.49. The van der Waals surface area contributed by atoms with Crippen molar-refractivity contribution in [2.45, 2.75) is 25.7 Å². The highest BCUT2D eigenvalue weighted by molar-refractivity contribution is 7.89. The monoisotopic (exact) mass is 432 g/mol. The zero-order valence-corrected chi connectivity index (χ0v) is 18.4. The smallest absolute Gasteiger partial charge is 0.257 e. The SMILES string of the molecule is CCN(CC)S(=O)(=O)c1ccc(N2CCOCC2)c(NC(=O)c2ccc(C)nc2)c1. The third-order valence-corrected chi connectivity index (χ3v) is 7.13. The molecule has 30 heavy (non-hydrogen) atoms. The van der Waals surface area contributed by atoms with E-state index in [-0.39, 0.29) is 10.8 Å². The minimum atomic E-state index is -3.65. The van der Waals surface area contributed by atoms with Gasteiger partial charge in [0.2, 0.25) is 10.0 Å². The van der Waals surface area contributed by atoms with Crippen LogP contribution in [0.5, 0.6) is 0 Å². The number of aromatic nitrogens is 1. The Labute approximate surface area is 177 Å². The standard InChI is InChI=1S/C21H28N4O4S/c1-4-25(5-2)30(27,28)18-8-9-20(24-10-12-29-13-11-24)19(14-18)23-21(26)17-7-6-16(3)22-15-17/h6-9,14-15H,4-5,10-13H2,1-3H3,(H,23,26). The van der Waals surface area contributed by atoms with Crippen molar-refractivity contribution in [1.29, 1.82) is 0 Å². The van der Waals surface area contributed by atoms with E-state index in [1.54, 1.807) is 38.1 Å². The van der Waals surface area contributed by atoms with Gasteiger partial charge in [0.15, 0.2) is 0 Å². The Morgan fingerprint density at radius 3 is 2.47 bits per heavy atom. The number of aryl methyl sites for hydroxylation is 1. The maximum atomic E-state index is 13.0. The Morgan fingerprint density at radius 1 is 1.17 bits per heavy atom. The summed E-state index contributed by atoms with van der Waals surface area (Å²) in [5.41, 5.74) is 2.44. The molecule has 1 aliphatic rings. The predicted octanol–water partition coefficient (Wildman–Crippen LogP) is 2.51. The number of nitrogens with one attached hydrogen (secondary N) is 1. The molecule has 1 saturated heterocycles. The fourth-order valence-corrected chi connectivity index (χ4v) is 4.85. The lowest BCUT2D eigenvalue weighted by Crippen LogP contribution is -2.37. The van der Waals surface area contributed by atoms with Gasteiger partial charge < -0.3 is 15.0 Å². The summed E-state index contributed by atoms with van der Waals surface area (Å²) in [6, 6.07) is 8.35. The van der Waals surface area contributed by atoms with Crippen LogP contribution < -0.4 is 10.2 Å². The first-order chi connectivity index (χ1) is 14.4. The second-order valence-corrected chi connectivity index (χ2v) is 8.95. The molecule has 1 aromatic carbocycles. The van der Waals surface area contributed by atoms with Crippen LogP contribution in [0, 0.1) is 6.92 Å². The summed E-state index contributed by atoms with van der Waals surface area (Å²) < 4.78 is 32.8. The number of pyridine rings is 1. The molecule has 2 heterocycles. The van der Waals surface area contributed by atoms with Gasteiger partial charge in [-0.15, -0.1) is 0 Å². The van der Waals surface area contributed by atoms with Crippen molar-refractivity contribution in [3.05, 3.63) is 47.8 Å². The minimum Gasteiger partial charge on any atom is -0.378 e. The first-order valence-corrected chi connectivity index (χ1v) is 11.5. The molecule has 8 nitrogen and oxygen atoms in total. The molecule has 0 bridgehead atoms. The molecule has 162 valence electrons. The molecule has 1 N–H and O–H groups in total. The van der Waals surface area contributed by atoms with E-state index in [0.717, 1.165) is 11.4 Å². The summed E-state index contributed by atoms with van der Waals surface area (Å²) in [4.78, 5) is 19.2.